The van der Waals surface area contributed by atoms with Crippen molar-refractivity contribution in [3.05, 3.63) is 28.8 Å². The number of esters is 2. The number of hydrogen-bond donors (Lipinski definition) is 0. The fraction of sp³-hybridized carbons (Fsp3) is 0.357. The maximum atomic E-state index is 12.1. The first-order chi connectivity index (χ1) is 9.97. The summed E-state index contributed by atoms with van der Waals surface area (Å²) in [6.07, 6.45) is 0.0610. The molecule has 0 N–H and O–H groups in total. The Morgan fingerprint density at radius 2 is 2.00 bits per heavy atom. The number of rotatable bonds is 3. The first-order valence-corrected chi connectivity index (χ1v) is 6.61. The van der Waals surface area contributed by atoms with E-state index in [9.17, 15) is 14.4 Å². The number of ether oxygens (including phenoxy) is 2. The number of hydrogen-bond acceptors (Lipinski definition) is 5. The lowest BCUT2D eigenvalue weighted by molar-refractivity contribution is -0.145. The quantitative estimate of drug-likeness (QED) is 0.794. The fourth-order valence-electron chi connectivity index (χ4n) is 2.23. The van der Waals surface area contributed by atoms with Crippen LogP contribution in [0, 0.1) is 5.92 Å². The normalized spacial score (nSPS) is 17.8. The molecule has 0 unspecified atom stereocenters. The van der Waals surface area contributed by atoms with Gasteiger partial charge in [-0.3, -0.25) is 9.59 Å². The zero-order valence-electron chi connectivity index (χ0n) is 11.6. The van der Waals surface area contributed by atoms with Crippen LogP contribution in [-0.4, -0.2) is 38.6 Å². The number of anilines is 1. The molecule has 1 amide bonds. The van der Waals surface area contributed by atoms with Gasteiger partial charge in [0.25, 0.3) is 0 Å². The highest BCUT2D eigenvalue weighted by Crippen LogP contribution is 2.32. The standard InChI is InChI=1S/C14H14ClNO5/c1-20-13(18)8-3-4-10(15)11(5-8)16-7-9(6-12(16)17)14(19)21-2/h3-5,9H,6-7H2,1-2H3/t9-/m0/s1. The number of nitrogens with zero attached hydrogens (tertiary/aromatic N) is 1. The second-order valence-electron chi connectivity index (χ2n) is 4.59. The molecule has 112 valence electrons. The van der Waals surface area contributed by atoms with Crippen LogP contribution in [0.5, 0.6) is 0 Å². The summed E-state index contributed by atoms with van der Waals surface area (Å²) in [5.41, 5.74) is 0.669. The summed E-state index contributed by atoms with van der Waals surface area (Å²) in [7, 11) is 2.55. The van der Waals surface area contributed by atoms with Crippen LogP contribution in [0.15, 0.2) is 18.2 Å². The Hall–Kier alpha value is -2.08. The topological polar surface area (TPSA) is 72.9 Å². The second-order valence-corrected chi connectivity index (χ2v) is 4.99. The van der Waals surface area contributed by atoms with Crippen molar-refractivity contribution in [2.75, 3.05) is 25.7 Å². The van der Waals surface area contributed by atoms with Crippen LogP contribution >= 0.6 is 11.6 Å². The molecule has 1 aromatic rings. The third-order valence-electron chi connectivity index (χ3n) is 3.32. The molecule has 1 heterocycles. The minimum atomic E-state index is -0.527. The van der Waals surface area contributed by atoms with E-state index in [0.29, 0.717) is 10.7 Å². The Labute approximate surface area is 126 Å². The monoisotopic (exact) mass is 311 g/mol. The van der Waals surface area contributed by atoms with Crippen LogP contribution in [0.2, 0.25) is 5.02 Å². The summed E-state index contributed by atoms with van der Waals surface area (Å²) in [5.74, 6) is -1.73. The van der Waals surface area contributed by atoms with Gasteiger partial charge in [-0.2, -0.15) is 0 Å². The molecular weight excluding hydrogens is 298 g/mol. The summed E-state index contributed by atoms with van der Waals surface area (Å²) in [6, 6.07) is 4.50. The van der Waals surface area contributed by atoms with Crippen LogP contribution in [0.3, 0.4) is 0 Å². The van der Waals surface area contributed by atoms with Gasteiger partial charge in [0.2, 0.25) is 5.91 Å². The number of methoxy groups -OCH3 is 2. The predicted octanol–water partition coefficient (Wildman–Crippen LogP) is 1.65. The Kier molecular flexibility index (Phi) is 4.47. The lowest BCUT2D eigenvalue weighted by atomic mass is 10.1. The highest BCUT2D eigenvalue weighted by molar-refractivity contribution is 6.34. The molecule has 0 aliphatic carbocycles. The van der Waals surface area contributed by atoms with E-state index in [4.69, 9.17) is 11.6 Å². The lowest BCUT2D eigenvalue weighted by Crippen LogP contribution is -2.26. The van der Waals surface area contributed by atoms with Crippen molar-refractivity contribution in [1.29, 1.82) is 0 Å². The highest BCUT2D eigenvalue weighted by atomic mass is 35.5. The van der Waals surface area contributed by atoms with Crippen molar-refractivity contribution in [2.45, 2.75) is 6.42 Å². The van der Waals surface area contributed by atoms with Crippen LogP contribution in [0.25, 0.3) is 0 Å². The number of amides is 1. The molecule has 7 heteroatoms. The van der Waals surface area contributed by atoms with Gasteiger partial charge in [-0.1, -0.05) is 11.6 Å². The van der Waals surface area contributed by atoms with E-state index in [1.165, 1.54) is 37.3 Å². The summed E-state index contributed by atoms with van der Waals surface area (Å²) in [5, 5.41) is 0.321. The van der Waals surface area contributed by atoms with Crippen molar-refractivity contribution in [1.82, 2.24) is 0 Å². The zero-order valence-corrected chi connectivity index (χ0v) is 12.3. The molecule has 0 saturated carbocycles. The molecule has 0 spiro atoms. The summed E-state index contributed by atoms with van der Waals surface area (Å²) >= 11 is 6.09. The van der Waals surface area contributed by atoms with Gasteiger partial charge in [0.05, 0.1) is 36.4 Å². The molecule has 1 fully saturated rings. The number of benzene rings is 1. The van der Waals surface area contributed by atoms with Crippen LogP contribution < -0.4 is 4.90 Å². The molecule has 1 aromatic carbocycles. The minimum Gasteiger partial charge on any atom is -0.469 e. The molecule has 6 nitrogen and oxygen atoms in total. The van der Waals surface area contributed by atoms with E-state index >= 15 is 0 Å². The van der Waals surface area contributed by atoms with E-state index in [2.05, 4.69) is 9.47 Å². The summed E-state index contributed by atoms with van der Waals surface area (Å²) in [6.45, 7) is 0.176. The second kappa shape index (κ2) is 6.13. The molecule has 1 aliphatic rings. The van der Waals surface area contributed by atoms with Crippen molar-refractivity contribution in [3.8, 4) is 0 Å². The van der Waals surface area contributed by atoms with Gasteiger partial charge in [-0.05, 0) is 18.2 Å². The third kappa shape index (κ3) is 3.00. The third-order valence-corrected chi connectivity index (χ3v) is 3.64. The van der Waals surface area contributed by atoms with Gasteiger partial charge in [-0.15, -0.1) is 0 Å². The Bertz CT molecular complexity index is 601. The lowest BCUT2D eigenvalue weighted by Gasteiger charge is -2.18. The van der Waals surface area contributed by atoms with Gasteiger partial charge >= 0.3 is 11.9 Å². The fourth-order valence-corrected chi connectivity index (χ4v) is 2.45. The Balaban J connectivity index is 2.31. The molecule has 1 saturated heterocycles. The van der Waals surface area contributed by atoms with Gasteiger partial charge in [0.15, 0.2) is 0 Å². The van der Waals surface area contributed by atoms with Gasteiger partial charge in [-0.25, -0.2) is 4.79 Å². The average molecular weight is 312 g/mol. The van der Waals surface area contributed by atoms with Crippen molar-refractivity contribution in [3.63, 3.8) is 0 Å². The molecule has 0 radical (unpaired) electrons. The average Bonchev–Trinajstić information content (AvgIpc) is 2.88. The van der Waals surface area contributed by atoms with Crippen molar-refractivity contribution >= 4 is 35.1 Å². The van der Waals surface area contributed by atoms with Gasteiger partial charge in [0, 0.05) is 13.0 Å². The summed E-state index contributed by atoms with van der Waals surface area (Å²) < 4.78 is 9.29. The molecule has 0 aromatic heterocycles. The summed E-state index contributed by atoms with van der Waals surface area (Å²) in [4.78, 5) is 36.5. The van der Waals surface area contributed by atoms with Crippen LogP contribution in [0.1, 0.15) is 16.8 Å². The predicted molar refractivity (Wildman–Crippen MR) is 75.3 cm³/mol. The molecular formula is C14H14ClNO5. The van der Waals surface area contributed by atoms with Gasteiger partial charge in [0.1, 0.15) is 0 Å². The molecule has 0 bridgehead atoms. The maximum Gasteiger partial charge on any atom is 0.337 e. The van der Waals surface area contributed by atoms with Crippen molar-refractivity contribution < 1.29 is 23.9 Å². The van der Waals surface area contributed by atoms with E-state index < -0.39 is 17.9 Å². The van der Waals surface area contributed by atoms with Crippen molar-refractivity contribution in [2.24, 2.45) is 5.92 Å². The molecule has 2 rings (SSSR count). The number of halogens is 1. The van der Waals surface area contributed by atoms with Crippen LogP contribution in [-0.2, 0) is 19.1 Å². The number of carbonyl (C=O) groups is 3. The molecule has 1 aliphatic heterocycles. The smallest absolute Gasteiger partial charge is 0.337 e. The maximum absolute atomic E-state index is 12.1. The molecule has 21 heavy (non-hydrogen) atoms. The van der Waals surface area contributed by atoms with E-state index in [1.54, 1.807) is 0 Å². The van der Waals surface area contributed by atoms with E-state index in [-0.39, 0.29) is 24.4 Å². The minimum absolute atomic E-state index is 0.0610. The van der Waals surface area contributed by atoms with E-state index in [0.717, 1.165) is 0 Å². The largest absolute Gasteiger partial charge is 0.469 e. The number of carbonyl (C=O) groups excluding carboxylic acids is 3. The van der Waals surface area contributed by atoms with Crippen LogP contribution in [0.4, 0.5) is 5.69 Å². The first kappa shape index (κ1) is 15.3. The highest BCUT2D eigenvalue weighted by Gasteiger charge is 2.36. The zero-order chi connectivity index (χ0) is 15.6. The molecule has 1 atom stereocenters. The Morgan fingerprint density at radius 3 is 2.62 bits per heavy atom. The van der Waals surface area contributed by atoms with E-state index in [1.807, 2.05) is 0 Å². The first-order valence-electron chi connectivity index (χ1n) is 6.24. The SMILES string of the molecule is COC(=O)c1ccc(Cl)c(N2C[C@@H](C(=O)OC)CC2=O)c1. The van der Waals surface area contributed by atoms with Gasteiger partial charge < -0.3 is 14.4 Å². The Morgan fingerprint density at radius 1 is 1.29 bits per heavy atom.